The Morgan fingerprint density at radius 1 is 0.703 bits per heavy atom. The topological polar surface area (TPSA) is 38.8 Å². The largest absolute Gasteiger partial charge is 0.497 e. The zero-order chi connectivity index (χ0) is 26.0. The van der Waals surface area contributed by atoms with Crippen molar-refractivity contribution in [2.24, 2.45) is 0 Å². The molecule has 1 amide bonds. The van der Waals surface area contributed by atoms with Crippen LogP contribution in [0.15, 0.2) is 115 Å². The number of nitrogens with zero attached hydrogens (tertiary/aromatic N) is 1. The van der Waals surface area contributed by atoms with E-state index in [2.05, 4.69) is 81.4 Å². The maximum atomic E-state index is 14.0. The average molecular weight is 508 g/mol. The number of hydrogen-bond acceptors (Lipinski definition) is 3. The summed E-state index contributed by atoms with van der Waals surface area (Å²) in [4.78, 5) is 15.8. The van der Waals surface area contributed by atoms with Crippen molar-refractivity contribution in [3.05, 3.63) is 121 Å². The number of ether oxygens (including phenoxy) is 1. The molecular formula is C32H33NO3Si. The Labute approximate surface area is 220 Å². The van der Waals surface area contributed by atoms with Gasteiger partial charge in [-0.25, -0.2) is 0 Å². The first-order valence-electron chi connectivity index (χ1n) is 12.7. The highest BCUT2D eigenvalue weighted by Gasteiger charge is 2.58. The standard InChI is InChI=1S/C32H33NO3Si/c1-32(2,3)37(27-16-10-6-11-17-27,28-18-12-7-13-19-28)36-30-29(24-14-8-5-9-15-24)33(31(30)34)25-20-22-26(35-4)23-21-25/h5-23,29-30H,1-4H3/t29-,30-/m1/s1. The summed E-state index contributed by atoms with van der Waals surface area (Å²) in [6, 6.07) is 38.6. The van der Waals surface area contributed by atoms with Crippen LogP contribution in [0.1, 0.15) is 32.4 Å². The lowest BCUT2D eigenvalue weighted by Crippen LogP contribution is -2.72. The second-order valence-corrected chi connectivity index (χ2v) is 14.7. The number of rotatable bonds is 7. The van der Waals surface area contributed by atoms with Crippen LogP contribution in [-0.4, -0.2) is 27.4 Å². The minimum absolute atomic E-state index is 0.0213. The Balaban J connectivity index is 1.64. The van der Waals surface area contributed by atoms with Crippen molar-refractivity contribution >= 4 is 30.3 Å². The van der Waals surface area contributed by atoms with Gasteiger partial charge in [0.1, 0.15) is 5.75 Å². The second-order valence-electron chi connectivity index (χ2n) is 10.5. The van der Waals surface area contributed by atoms with Crippen molar-refractivity contribution < 1.29 is 14.0 Å². The molecule has 4 nitrogen and oxygen atoms in total. The number of anilines is 1. The number of methoxy groups -OCH3 is 1. The summed E-state index contributed by atoms with van der Waals surface area (Å²) in [6.45, 7) is 6.71. The fraction of sp³-hybridized carbons (Fsp3) is 0.219. The average Bonchev–Trinajstić information content (AvgIpc) is 2.93. The molecule has 0 N–H and O–H groups in total. The van der Waals surface area contributed by atoms with Crippen molar-refractivity contribution in [3.8, 4) is 5.75 Å². The quantitative estimate of drug-likeness (QED) is 0.237. The van der Waals surface area contributed by atoms with Gasteiger partial charge in [-0.3, -0.25) is 9.69 Å². The molecule has 0 aromatic heterocycles. The highest BCUT2D eigenvalue weighted by atomic mass is 28.4. The fourth-order valence-electron chi connectivity index (χ4n) is 5.46. The lowest BCUT2D eigenvalue weighted by molar-refractivity contribution is -0.135. The van der Waals surface area contributed by atoms with Crippen LogP contribution in [0, 0.1) is 0 Å². The summed E-state index contributed by atoms with van der Waals surface area (Å²) in [5, 5.41) is 2.10. The molecule has 1 heterocycles. The Bertz CT molecular complexity index is 1300. The molecule has 1 saturated heterocycles. The normalized spacial score (nSPS) is 17.8. The van der Waals surface area contributed by atoms with E-state index < -0.39 is 14.4 Å². The van der Waals surface area contributed by atoms with Gasteiger partial charge < -0.3 is 9.16 Å². The van der Waals surface area contributed by atoms with Gasteiger partial charge in [-0.1, -0.05) is 112 Å². The highest BCUT2D eigenvalue weighted by Crippen LogP contribution is 2.46. The Morgan fingerprint density at radius 2 is 1.19 bits per heavy atom. The molecule has 0 radical (unpaired) electrons. The SMILES string of the molecule is COc1ccc(N2C(=O)[C@H](O[Si](c3ccccc3)(c3ccccc3)C(C)(C)C)[C@H]2c2ccccc2)cc1. The van der Waals surface area contributed by atoms with Crippen LogP contribution in [0.4, 0.5) is 5.69 Å². The first-order chi connectivity index (χ1) is 17.9. The molecule has 0 aliphatic carbocycles. The van der Waals surface area contributed by atoms with Crippen molar-refractivity contribution in [1.82, 2.24) is 0 Å². The summed E-state index contributed by atoms with van der Waals surface area (Å²) in [6.07, 6.45) is -0.601. The van der Waals surface area contributed by atoms with Crippen LogP contribution in [0.2, 0.25) is 5.04 Å². The Kier molecular flexibility index (Phi) is 6.76. The van der Waals surface area contributed by atoms with Crippen molar-refractivity contribution in [3.63, 3.8) is 0 Å². The Hall–Kier alpha value is -3.67. The number of carbonyl (C=O) groups is 1. The van der Waals surface area contributed by atoms with Crippen LogP contribution in [0.25, 0.3) is 0 Å². The van der Waals surface area contributed by atoms with E-state index in [9.17, 15) is 4.79 Å². The number of amides is 1. The number of carbonyl (C=O) groups excluding carboxylic acids is 1. The minimum atomic E-state index is -2.91. The zero-order valence-electron chi connectivity index (χ0n) is 21.8. The molecule has 2 atom stereocenters. The first-order valence-corrected chi connectivity index (χ1v) is 14.6. The lowest BCUT2D eigenvalue weighted by Gasteiger charge is -2.53. The smallest absolute Gasteiger partial charge is 0.262 e. The molecule has 1 aliphatic rings. The van der Waals surface area contributed by atoms with Gasteiger partial charge in [-0.2, -0.15) is 0 Å². The third kappa shape index (κ3) is 4.39. The molecule has 1 fully saturated rings. The molecule has 4 aromatic rings. The van der Waals surface area contributed by atoms with Gasteiger partial charge in [-0.15, -0.1) is 0 Å². The third-order valence-electron chi connectivity index (χ3n) is 7.26. The molecular weight excluding hydrogens is 474 g/mol. The van der Waals surface area contributed by atoms with Crippen LogP contribution in [0.3, 0.4) is 0 Å². The van der Waals surface area contributed by atoms with E-state index >= 15 is 0 Å². The van der Waals surface area contributed by atoms with Gasteiger partial charge in [0.15, 0.2) is 6.10 Å². The van der Waals surface area contributed by atoms with E-state index in [4.69, 9.17) is 9.16 Å². The van der Waals surface area contributed by atoms with E-state index in [-0.39, 0.29) is 17.0 Å². The summed E-state index contributed by atoms with van der Waals surface area (Å²) in [7, 11) is -1.27. The van der Waals surface area contributed by atoms with Crippen molar-refractivity contribution in [1.29, 1.82) is 0 Å². The van der Waals surface area contributed by atoms with Gasteiger partial charge in [0, 0.05) is 5.69 Å². The highest BCUT2D eigenvalue weighted by molar-refractivity contribution is 6.99. The minimum Gasteiger partial charge on any atom is -0.497 e. The number of β-lactam (4-membered cyclic amide) rings is 1. The maximum Gasteiger partial charge on any atom is 0.262 e. The van der Waals surface area contributed by atoms with Crippen LogP contribution in [-0.2, 0) is 9.22 Å². The molecule has 4 aromatic carbocycles. The van der Waals surface area contributed by atoms with Crippen molar-refractivity contribution in [2.75, 3.05) is 12.0 Å². The van der Waals surface area contributed by atoms with E-state index in [0.29, 0.717) is 0 Å². The zero-order valence-corrected chi connectivity index (χ0v) is 22.8. The molecule has 0 unspecified atom stereocenters. The maximum absolute atomic E-state index is 14.0. The van der Waals surface area contributed by atoms with Gasteiger partial charge in [0.25, 0.3) is 14.2 Å². The Morgan fingerprint density at radius 3 is 1.65 bits per heavy atom. The van der Waals surface area contributed by atoms with Gasteiger partial charge in [-0.05, 0) is 45.2 Å². The summed E-state index contributed by atoms with van der Waals surface area (Å²) >= 11 is 0. The molecule has 37 heavy (non-hydrogen) atoms. The molecule has 5 heteroatoms. The molecule has 0 saturated carbocycles. The summed E-state index contributed by atoms with van der Waals surface area (Å²) < 4.78 is 12.6. The van der Waals surface area contributed by atoms with E-state index in [1.165, 1.54) is 0 Å². The predicted molar refractivity (Wildman–Crippen MR) is 152 cm³/mol. The summed E-state index contributed by atoms with van der Waals surface area (Å²) in [5.41, 5.74) is 1.89. The second kappa shape index (κ2) is 10.00. The summed E-state index contributed by atoms with van der Waals surface area (Å²) in [5.74, 6) is 0.736. The van der Waals surface area contributed by atoms with Gasteiger partial charge >= 0.3 is 0 Å². The van der Waals surface area contributed by atoms with Crippen LogP contribution < -0.4 is 20.0 Å². The molecule has 0 spiro atoms. The van der Waals surface area contributed by atoms with E-state index in [0.717, 1.165) is 27.4 Å². The van der Waals surface area contributed by atoms with Crippen molar-refractivity contribution in [2.45, 2.75) is 38.0 Å². The lowest BCUT2D eigenvalue weighted by atomic mass is 9.90. The van der Waals surface area contributed by atoms with E-state index in [1.54, 1.807) is 7.11 Å². The number of benzene rings is 4. The fourth-order valence-corrected chi connectivity index (χ4v) is 10.1. The first kappa shape index (κ1) is 25.0. The predicted octanol–water partition coefficient (Wildman–Crippen LogP) is 5.73. The number of hydrogen-bond donors (Lipinski definition) is 0. The molecule has 0 bridgehead atoms. The molecule has 188 valence electrons. The molecule has 5 rings (SSSR count). The van der Waals surface area contributed by atoms with Crippen LogP contribution >= 0.6 is 0 Å². The van der Waals surface area contributed by atoms with Crippen LogP contribution in [0.5, 0.6) is 5.75 Å². The monoisotopic (exact) mass is 507 g/mol. The van der Waals surface area contributed by atoms with Gasteiger partial charge in [0.2, 0.25) is 0 Å². The van der Waals surface area contributed by atoms with Gasteiger partial charge in [0.05, 0.1) is 13.2 Å². The third-order valence-corrected chi connectivity index (χ3v) is 12.3. The molecule has 1 aliphatic heterocycles. The van der Waals surface area contributed by atoms with E-state index in [1.807, 2.05) is 59.5 Å².